The van der Waals surface area contributed by atoms with Gasteiger partial charge in [0.05, 0.1) is 18.1 Å². The van der Waals surface area contributed by atoms with Crippen molar-refractivity contribution in [3.05, 3.63) is 29.8 Å². The molecule has 0 spiro atoms. The molecule has 5 nitrogen and oxygen atoms in total. The lowest BCUT2D eigenvalue weighted by atomic mass is 10.2. The summed E-state index contributed by atoms with van der Waals surface area (Å²) in [5, 5.41) is 0. The Bertz CT molecular complexity index is 429. The summed E-state index contributed by atoms with van der Waals surface area (Å²) in [5.41, 5.74) is 6.26. The zero-order valence-electron chi connectivity index (χ0n) is 9.85. The van der Waals surface area contributed by atoms with Gasteiger partial charge in [-0.15, -0.1) is 0 Å². The van der Waals surface area contributed by atoms with Gasteiger partial charge in [-0.3, -0.25) is 0 Å². The van der Waals surface area contributed by atoms with Crippen LogP contribution in [0.1, 0.15) is 5.56 Å². The quantitative estimate of drug-likeness (QED) is 0.687. The molecule has 0 radical (unpaired) electrons. The van der Waals surface area contributed by atoms with E-state index < -0.39 is 10.0 Å². The fraction of sp³-hybridized carbons (Fsp3) is 0.455. The molecule has 0 aromatic heterocycles. The molecule has 0 atom stereocenters. The molecule has 0 aliphatic heterocycles. The van der Waals surface area contributed by atoms with Crippen LogP contribution in [0.3, 0.4) is 0 Å². The molecule has 96 valence electrons. The van der Waals surface area contributed by atoms with Crippen molar-refractivity contribution >= 4 is 10.0 Å². The lowest BCUT2D eigenvalue weighted by Gasteiger charge is -2.07. The van der Waals surface area contributed by atoms with Crippen LogP contribution in [0.2, 0.25) is 0 Å². The van der Waals surface area contributed by atoms with E-state index in [1.165, 1.54) is 0 Å². The second-order valence-corrected chi connectivity index (χ2v) is 5.38. The molecule has 0 amide bonds. The average Bonchev–Trinajstić information content (AvgIpc) is 2.29. The van der Waals surface area contributed by atoms with Gasteiger partial charge in [-0.05, 0) is 19.1 Å². The van der Waals surface area contributed by atoms with Crippen molar-refractivity contribution in [3.63, 3.8) is 0 Å². The van der Waals surface area contributed by atoms with Crippen LogP contribution >= 0.6 is 0 Å². The molecule has 0 heterocycles. The Labute approximate surface area is 102 Å². The van der Waals surface area contributed by atoms with E-state index in [9.17, 15) is 8.42 Å². The first-order valence-corrected chi connectivity index (χ1v) is 6.89. The smallest absolute Gasteiger partial charge is 0.240 e. The zero-order valence-corrected chi connectivity index (χ0v) is 10.7. The number of aryl methyl sites for hydroxylation is 1. The maximum absolute atomic E-state index is 11.8. The van der Waals surface area contributed by atoms with Gasteiger partial charge in [-0.25, -0.2) is 13.1 Å². The van der Waals surface area contributed by atoms with Gasteiger partial charge in [-0.2, -0.15) is 0 Å². The standard InChI is InChI=1S/C11H18N2O3S/c1-10-2-4-11(5-3-10)17(14,15)13-7-9-16-8-6-12/h2-5,13H,6-9,12H2,1H3. The maximum Gasteiger partial charge on any atom is 0.240 e. The van der Waals surface area contributed by atoms with Crippen LogP contribution < -0.4 is 10.5 Å². The average molecular weight is 258 g/mol. The van der Waals surface area contributed by atoms with Crippen LogP contribution in [0.4, 0.5) is 0 Å². The van der Waals surface area contributed by atoms with Gasteiger partial charge in [0.25, 0.3) is 0 Å². The summed E-state index contributed by atoms with van der Waals surface area (Å²) in [6, 6.07) is 6.69. The minimum absolute atomic E-state index is 0.246. The Hall–Kier alpha value is -0.950. The fourth-order valence-corrected chi connectivity index (χ4v) is 2.25. The molecule has 0 aliphatic rings. The van der Waals surface area contributed by atoms with Crippen LogP contribution in [-0.4, -0.2) is 34.7 Å². The number of ether oxygens (including phenoxy) is 1. The summed E-state index contributed by atoms with van der Waals surface area (Å²) in [4.78, 5) is 0.266. The highest BCUT2D eigenvalue weighted by molar-refractivity contribution is 7.89. The predicted molar refractivity (Wildman–Crippen MR) is 66.2 cm³/mol. The number of rotatable bonds is 7. The van der Waals surface area contributed by atoms with E-state index in [-0.39, 0.29) is 11.4 Å². The number of sulfonamides is 1. The zero-order chi connectivity index (χ0) is 12.7. The molecule has 1 aromatic rings. The molecule has 0 aliphatic carbocycles. The molecule has 0 unspecified atom stereocenters. The van der Waals surface area contributed by atoms with E-state index in [1.54, 1.807) is 24.3 Å². The van der Waals surface area contributed by atoms with Crippen molar-refractivity contribution in [3.8, 4) is 0 Å². The predicted octanol–water partition coefficient (Wildman–Crippen LogP) is 0.249. The Balaban J connectivity index is 2.48. The van der Waals surface area contributed by atoms with Gasteiger partial charge in [0.15, 0.2) is 0 Å². The Morgan fingerprint density at radius 3 is 2.47 bits per heavy atom. The first-order valence-electron chi connectivity index (χ1n) is 5.40. The molecular formula is C11H18N2O3S. The lowest BCUT2D eigenvalue weighted by Crippen LogP contribution is -2.28. The highest BCUT2D eigenvalue weighted by Crippen LogP contribution is 2.09. The molecule has 1 aromatic carbocycles. The SMILES string of the molecule is Cc1ccc(S(=O)(=O)NCCOCCN)cc1. The first-order chi connectivity index (χ1) is 8.06. The molecular weight excluding hydrogens is 240 g/mol. The third kappa shape index (κ3) is 4.82. The van der Waals surface area contributed by atoms with Crippen LogP contribution in [0, 0.1) is 6.92 Å². The summed E-state index contributed by atoms with van der Waals surface area (Å²) in [5.74, 6) is 0. The van der Waals surface area contributed by atoms with Gasteiger partial charge >= 0.3 is 0 Å². The van der Waals surface area contributed by atoms with E-state index in [4.69, 9.17) is 10.5 Å². The summed E-state index contributed by atoms with van der Waals surface area (Å²) in [6.45, 7) is 3.35. The van der Waals surface area contributed by atoms with Gasteiger partial charge in [0.2, 0.25) is 10.0 Å². The number of benzene rings is 1. The second-order valence-electron chi connectivity index (χ2n) is 3.61. The van der Waals surface area contributed by atoms with Crippen molar-refractivity contribution < 1.29 is 13.2 Å². The Morgan fingerprint density at radius 1 is 1.24 bits per heavy atom. The second kappa shape index (κ2) is 6.70. The third-order valence-corrected chi connectivity index (χ3v) is 3.61. The maximum atomic E-state index is 11.8. The largest absolute Gasteiger partial charge is 0.379 e. The van der Waals surface area contributed by atoms with Crippen molar-refractivity contribution in [1.82, 2.24) is 4.72 Å². The minimum Gasteiger partial charge on any atom is -0.379 e. The molecule has 0 bridgehead atoms. The van der Waals surface area contributed by atoms with Gasteiger partial charge < -0.3 is 10.5 Å². The van der Waals surface area contributed by atoms with E-state index in [0.29, 0.717) is 19.8 Å². The summed E-state index contributed by atoms with van der Waals surface area (Å²) < 4.78 is 31.1. The molecule has 17 heavy (non-hydrogen) atoms. The van der Waals surface area contributed by atoms with E-state index in [2.05, 4.69) is 4.72 Å². The summed E-state index contributed by atoms with van der Waals surface area (Å²) >= 11 is 0. The van der Waals surface area contributed by atoms with E-state index in [0.717, 1.165) is 5.56 Å². The highest BCUT2D eigenvalue weighted by atomic mass is 32.2. The van der Waals surface area contributed by atoms with Crippen LogP contribution in [0.5, 0.6) is 0 Å². The molecule has 3 N–H and O–H groups in total. The number of nitrogens with one attached hydrogen (secondary N) is 1. The lowest BCUT2D eigenvalue weighted by molar-refractivity contribution is 0.147. The monoisotopic (exact) mass is 258 g/mol. The van der Waals surface area contributed by atoms with Crippen LogP contribution in [0.25, 0.3) is 0 Å². The molecule has 1 rings (SSSR count). The Morgan fingerprint density at radius 2 is 1.88 bits per heavy atom. The highest BCUT2D eigenvalue weighted by Gasteiger charge is 2.12. The number of nitrogens with two attached hydrogens (primary N) is 1. The molecule has 0 saturated heterocycles. The summed E-state index contributed by atoms with van der Waals surface area (Å²) in [6.07, 6.45) is 0. The molecule has 0 saturated carbocycles. The third-order valence-electron chi connectivity index (χ3n) is 2.13. The topological polar surface area (TPSA) is 81.4 Å². The van der Waals surface area contributed by atoms with E-state index in [1.807, 2.05) is 6.92 Å². The number of hydrogen-bond donors (Lipinski definition) is 2. The van der Waals surface area contributed by atoms with Crippen molar-refractivity contribution in [1.29, 1.82) is 0 Å². The van der Waals surface area contributed by atoms with Crippen LogP contribution in [-0.2, 0) is 14.8 Å². The first kappa shape index (κ1) is 14.1. The van der Waals surface area contributed by atoms with Crippen molar-refractivity contribution in [2.45, 2.75) is 11.8 Å². The minimum atomic E-state index is -3.43. The summed E-state index contributed by atoms with van der Waals surface area (Å²) in [7, 11) is -3.43. The Kier molecular flexibility index (Phi) is 5.57. The van der Waals surface area contributed by atoms with Gasteiger partial charge in [-0.1, -0.05) is 17.7 Å². The molecule has 0 fully saturated rings. The van der Waals surface area contributed by atoms with E-state index >= 15 is 0 Å². The fourth-order valence-electron chi connectivity index (χ4n) is 1.23. The van der Waals surface area contributed by atoms with Crippen molar-refractivity contribution in [2.75, 3.05) is 26.3 Å². The van der Waals surface area contributed by atoms with Gasteiger partial charge in [0, 0.05) is 13.1 Å². The normalized spacial score (nSPS) is 11.6. The van der Waals surface area contributed by atoms with Crippen molar-refractivity contribution in [2.24, 2.45) is 5.73 Å². The van der Waals surface area contributed by atoms with Gasteiger partial charge in [0.1, 0.15) is 0 Å². The number of hydrogen-bond acceptors (Lipinski definition) is 4. The molecule has 6 heteroatoms. The van der Waals surface area contributed by atoms with Crippen LogP contribution in [0.15, 0.2) is 29.2 Å².